The minimum Gasteiger partial charge on any atom is -0.481 e. The third-order valence-electron chi connectivity index (χ3n) is 4.57. The molecule has 0 unspecified atom stereocenters. The van der Waals surface area contributed by atoms with Crippen LogP contribution in [0.3, 0.4) is 0 Å². The van der Waals surface area contributed by atoms with Crippen molar-refractivity contribution in [3.63, 3.8) is 0 Å². The molecule has 0 radical (unpaired) electrons. The number of amides is 3. The predicted octanol–water partition coefficient (Wildman–Crippen LogP) is 4.01. The van der Waals surface area contributed by atoms with Gasteiger partial charge in [0, 0.05) is 38.7 Å². The first-order valence-electron chi connectivity index (χ1n) is 13.0. The quantitative estimate of drug-likeness (QED) is 0.119. The number of ketones is 1. The van der Waals surface area contributed by atoms with E-state index >= 15 is 0 Å². The lowest BCUT2D eigenvalue weighted by atomic mass is 10.1. The smallest absolute Gasteiger partial charge is 0.326 e. The number of aromatic nitrogens is 1. The highest BCUT2D eigenvalue weighted by molar-refractivity contribution is 5.93. The number of carbonyl (C=O) groups is 6. The normalized spacial score (nSPS) is 10.2. The summed E-state index contributed by atoms with van der Waals surface area (Å²) in [5.74, 6) is -3.30. The van der Waals surface area contributed by atoms with Crippen molar-refractivity contribution in [3.8, 4) is 0 Å². The average molecular weight is 604 g/mol. The Morgan fingerprint density at radius 2 is 1.31 bits per heavy atom. The number of carbonyl (C=O) groups excluding carboxylic acids is 3. The summed E-state index contributed by atoms with van der Waals surface area (Å²) in [6.07, 6.45) is 1.81. The Balaban J connectivity index is -0.000000224. The maximum atomic E-state index is 11.7. The van der Waals surface area contributed by atoms with Gasteiger partial charge in [-0.1, -0.05) is 42.5 Å². The molecule has 14 nitrogen and oxygen atoms in total. The highest BCUT2D eigenvalue weighted by Crippen LogP contribution is 2.04. The van der Waals surface area contributed by atoms with Gasteiger partial charge in [0.25, 0.3) is 0 Å². The summed E-state index contributed by atoms with van der Waals surface area (Å²) in [7, 11) is 1.79. The van der Waals surface area contributed by atoms with E-state index in [0.29, 0.717) is 24.9 Å². The molecule has 0 saturated heterocycles. The summed E-state index contributed by atoms with van der Waals surface area (Å²) in [6.45, 7) is 11.3. The van der Waals surface area contributed by atoms with E-state index in [0.717, 1.165) is 5.82 Å². The number of aliphatic carboxylic acids is 3. The Hall–Kier alpha value is -4.23. The number of nitrogens with one attached hydrogen (secondary N) is 4. The Bertz CT molecular complexity index is 910. The van der Waals surface area contributed by atoms with E-state index < -0.39 is 42.4 Å². The SMILES string of the molecule is C.C.CC.CC.CC(=O)NCCCC[C@H](NC(=O)N[C@@H](CCC(=O)O)C(=O)O)C(=O)O.CNc1ccc(C(C)=O)cn1. The number of urea groups is 1. The number of Topliss-reactive ketones (excluding diaryl/α,β-unsaturated/α-hetero) is 1. The van der Waals surface area contributed by atoms with Crippen molar-refractivity contribution in [2.45, 2.75) is 101 Å². The third kappa shape index (κ3) is 26.0. The van der Waals surface area contributed by atoms with E-state index in [1.165, 1.54) is 13.8 Å². The highest BCUT2D eigenvalue weighted by Gasteiger charge is 2.24. The van der Waals surface area contributed by atoms with Crippen molar-refractivity contribution in [3.05, 3.63) is 23.9 Å². The van der Waals surface area contributed by atoms with Crippen LogP contribution in [0, 0.1) is 0 Å². The lowest BCUT2D eigenvalue weighted by Gasteiger charge is -2.18. The van der Waals surface area contributed by atoms with Gasteiger partial charge in [-0.25, -0.2) is 19.4 Å². The molecule has 42 heavy (non-hydrogen) atoms. The maximum Gasteiger partial charge on any atom is 0.326 e. The number of carboxylic acid groups (broad SMARTS) is 3. The molecule has 2 atom stereocenters. The zero-order valence-corrected chi connectivity index (χ0v) is 24.4. The minimum absolute atomic E-state index is 0. The Kier molecular flexibility index (Phi) is 33.7. The number of unbranched alkanes of at least 4 members (excludes halogenated alkanes) is 1. The summed E-state index contributed by atoms with van der Waals surface area (Å²) >= 11 is 0. The topological polar surface area (TPSA) is 224 Å². The fourth-order valence-electron chi connectivity index (χ4n) is 2.63. The van der Waals surface area contributed by atoms with Crippen molar-refractivity contribution in [1.82, 2.24) is 20.9 Å². The van der Waals surface area contributed by atoms with Crippen LogP contribution >= 0.6 is 0 Å². The van der Waals surface area contributed by atoms with Gasteiger partial charge in [-0.05, 0) is 44.7 Å². The molecule has 0 aliphatic rings. The monoisotopic (exact) mass is 603 g/mol. The van der Waals surface area contributed by atoms with E-state index in [2.05, 4.69) is 20.9 Å². The number of nitrogens with zero attached hydrogens (tertiary/aromatic N) is 1. The lowest BCUT2D eigenvalue weighted by molar-refractivity contribution is -0.140. The molecule has 1 aromatic heterocycles. The zero-order valence-electron chi connectivity index (χ0n) is 24.4. The van der Waals surface area contributed by atoms with Crippen molar-refractivity contribution < 1.29 is 44.1 Å². The molecule has 1 heterocycles. The first kappa shape index (κ1) is 47.6. The zero-order chi connectivity index (χ0) is 31.7. The first-order valence-corrected chi connectivity index (χ1v) is 13.0. The fraction of sp³-hybridized carbons (Fsp3) is 0.607. The van der Waals surface area contributed by atoms with Crippen molar-refractivity contribution in [1.29, 1.82) is 0 Å². The lowest BCUT2D eigenvalue weighted by Crippen LogP contribution is -2.51. The summed E-state index contributed by atoms with van der Waals surface area (Å²) in [5.41, 5.74) is 0.643. The largest absolute Gasteiger partial charge is 0.481 e. The molecule has 0 saturated carbocycles. The molecular weight excluding hydrogens is 550 g/mol. The van der Waals surface area contributed by atoms with Crippen molar-refractivity contribution in [2.24, 2.45) is 0 Å². The van der Waals surface area contributed by atoms with E-state index in [4.69, 9.17) is 15.3 Å². The molecule has 0 aliphatic heterocycles. The second-order valence-electron chi connectivity index (χ2n) is 7.55. The van der Waals surface area contributed by atoms with Crippen LogP contribution in [0.15, 0.2) is 18.3 Å². The summed E-state index contributed by atoms with van der Waals surface area (Å²) in [4.78, 5) is 69.8. The summed E-state index contributed by atoms with van der Waals surface area (Å²) in [6, 6.07) is -0.152. The van der Waals surface area contributed by atoms with Crippen LogP contribution in [0.2, 0.25) is 0 Å². The van der Waals surface area contributed by atoms with Crippen LogP contribution in [0.4, 0.5) is 10.6 Å². The molecule has 244 valence electrons. The third-order valence-corrected chi connectivity index (χ3v) is 4.57. The van der Waals surface area contributed by atoms with Crippen LogP contribution in [0.1, 0.15) is 98.9 Å². The second kappa shape index (κ2) is 29.7. The van der Waals surface area contributed by atoms with Crippen molar-refractivity contribution in [2.75, 3.05) is 18.9 Å². The average Bonchev–Trinajstić information content (AvgIpc) is 2.92. The van der Waals surface area contributed by atoms with Gasteiger partial charge >= 0.3 is 23.9 Å². The van der Waals surface area contributed by atoms with Crippen LogP contribution in [0.5, 0.6) is 0 Å². The van der Waals surface area contributed by atoms with Crippen LogP contribution < -0.4 is 21.3 Å². The van der Waals surface area contributed by atoms with Gasteiger partial charge in [0.05, 0.1) is 0 Å². The molecule has 7 N–H and O–H groups in total. The fourth-order valence-corrected chi connectivity index (χ4v) is 2.63. The molecule has 0 aliphatic carbocycles. The Morgan fingerprint density at radius 3 is 1.67 bits per heavy atom. The van der Waals surface area contributed by atoms with E-state index in [9.17, 15) is 28.8 Å². The highest BCUT2D eigenvalue weighted by atomic mass is 16.4. The number of pyridine rings is 1. The Morgan fingerprint density at radius 1 is 0.810 bits per heavy atom. The van der Waals surface area contributed by atoms with Crippen LogP contribution in [-0.4, -0.2) is 81.6 Å². The van der Waals surface area contributed by atoms with Gasteiger partial charge in [-0.2, -0.15) is 0 Å². The number of hydrogen-bond acceptors (Lipinski definition) is 8. The number of anilines is 1. The maximum absolute atomic E-state index is 11.7. The van der Waals surface area contributed by atoms with E-state index in [1.807, 2.05) is 33.0 Å². The standard InChI is InChI=1S/C14H23N3O8.C8H10N2O.2C2H6.2CH4/c1-8(18)15-7-3-2-4-9(12(21)22)16-14(25)17-10(13(23)24)5-6-11(19)20;1-6(11)7-3-4-8(9-2)10-5-7;2*1-2;;/h9-10H,2-7H2,1H3,(H,15,18)(H,19,20)(H,21,22)(H,23,24)(H2,16,17,25);3-5H,1-2H3,(H,9,10);2*1-2H3;2*1H4/t9-,10-;;;;;/m0...../s1. The molecule has 14 heteroatoms. The second-order valence-corrected chi connectivity index (χ2v) is 7.55. The molecule has 0 spiro atoms. The first-order chi connectivity index (χ1) is 18.9. The summed E-state index contributed by atoms with van der Waals surface area (Å²) in [5, 5.41) is 36.2. The molecular formula is C28H53N5O9. The van der Waals surface area contributed by atoms with Gasteiger partial charge in [0.15, 0.2) is 5.78 Å². The van der Waals surface area contributed by atoms with Gasteiger partial charge in [0.1, 0.15) is 17.9 Å². The molecule has 3 amide bonds. The molecule has 1 aromatic rings. The van der Waals surface area contributed by atoms with E-state index in [-0.39, 0.29) is 39.4 Å². The summed E-state index contributed by atoms with van der Waals surface area (Å²) < 4.78 is 0. The number of rotatable bonds is 14. The van der Waals surface area contributed by atoms with Gasteiger partial charge < -0.3 is 36.6 Å². The molecule has 0 bridgehead atoms. The number of hydrogen-bond donors (Lipinski definition) is 7. The molecule has 0 aromatic carbocycles. The van der Waals surface area contributed by atoms with Crippen LogP contribution in [-0.2, 0) is 19.2 Å². The van der Waals surface area contributed by atoms with Crippen molar-refractivity contribution >= 4 is 41.4 Å². The minimum atomic E-state index is -1.44. The van der Waals surface area contributed by atoms with Gasteiger partial charge in [-0.3, -0.25) is 14.4 Å². The van der Waals surface area contributed by atoms with Gasteiger partial charge in [0.2, 0.25) is 5.91 Å². The molecule has 1 rings (SSSR count). The van der Waals surface area contributed by atoms with E-state index in [1.54, 1.807) is 25.4 Å². The predicted molar refractivity (Wildman–Crippen MR) is 164 cm³/mol. The molecule has 0 fully saturated rings. The Labute approximate surface area is 250 Å². The van der Waals surface area contributed by atoms with Crippen LogP contribution in [0.25, 0.3) is 0 Å². The number of carboxylic acids is 3. The van der Waals surface area contributed by atoms with Gasteiger partial charge in [-0.15, -0.1) is 0 Å².